The minimum Gasteiger partial charge on any atom is -0.455 e. The van der Waals surface area contributed by atoms with Crippen LogP contribution in [-0.4, -0.2) is 0 Å². The fourth-order valence-electron chi connectivity index (χ4n) is 9.48. The molecule has 1 heterocycles. The third-order valence-corrected chi connectivity index (χ3v) is 12.7. The zero-order valence-electron chi connectivity index (χ0n) is 35.0. The second-order valence-electron chi connectivity index (χ2n) is 16.4. The van der Waals surface area contributed by atoms with Gasteiger partial charge in [-0.3, -0.25) is 0 Å². The Morgan fingerprint density at radius 3 is 1.05 bits per heavy atom. The van der Waals surface area contributed by atoms with E-state index in [4.69, 9.17) is 4.42 Å². The number of fused-ring (bicyclic) bond motifs is 8. The maximum absolute atomic E-state index is 7.08. The Morgan fingerprint density at radius 1 is 0.234 bits per heavy atom. The molecule has 0 fully saturated rings. The maximum atomic E-state index is 7.08. The molecule has 0 aliphatic carbocycles. The van der Waals surface area contributed by atoms with Gasteiger partial charge in [-0.1, -0.05) is 200 Å². The highest BCUT2D eigenvalue weighted by Gasteiger charge is 2.21. The summed E-state index contributed by atoms with van der Waals surface area (Å²) in [4.78, 5) is 2.34. The first-order valence-corrected chi connectivity index (χ1v) is 21.9. The number of anilines is 3. The molecule has 0 aliphatic heterocycles. The molecule has 11 aromatic carbocycles. The van der Waals surface area contributed by atoms with Crippen LogP contribution in [0, 0.1) is 0 Å². The first-order valence-electron chi connectivity index (χ1n) is 21.9. The van der Waals surface area contributed by atoms with Crippen molar-refractivity contribution in [1.82, 2.24) is 0 Å². The van der Waals surface area contributed by atoms with E-state index in [2.05, 4.69) is 254 Å². The Balaban J connectivity index is 1.01. The molecule has 0 amide bonds. The van der Waals surface area contributed by atoms with Gasteiger partial charge in [0.05, 0.1) is 0 Å². The zero-order chi connectivity index (χ0) is 42.4. The molecule has 0 atom stereocenters. The number of rotatable bonds is 8. The summed E-state index contributed by atoms with van der Waals surface area (Å²) in [5.41, 5.74) is 16.7. The average molecular weight is 816 g/mol. The quantitative estimate of drug-likeness (QED) is 0.142. The lowest BCUT2D eigenvalue weighted by Gasteiger charge is -2.26. The smallest absolute Gasteiger partial charge is 0.143 e. The van der Waals surface area contributed by atoms with Gasteiger partial charge in [0.2, 0.25) is 0 Å². The number of hydrogen-bond acceptors (Lipinski definition) is 2. The van der Waals surface area contributed by atoms with Gasteiger partial charge in [-0.05, 0) is 115 Å². The summed E-state index contributed by atoms with van der Waals surface area (Å²) in [6.07, 6.45) is 0. The summed E-state index contributed by atoms with van der Waals surface area (Å²) >= 11 is 0. The third-order valence-electron chi connectivity index (χ3n) is 12.7. The van der Waals surface area contributed by atoms with E-state index in [-0.39, 0.29) is 0 Å². The molecular weight excluding hydrogens is 775 g/mol. The van der Waals surface area contributed by atoms with Crippen molar-refractivity contribution in [3.05, 3.63) is 249 Å². The van der Waals surface area contributed by atoms with E-state index < -0.39 is 0 Å². The van der Waals surface area contributed by atoms with Crippen molar-refractivity contribution in [2.24, 2.45) is 0 Å². The van der Waals surface area contributed by atoms with Gasteiger partial charge in [0.25, 0.3) is 0 Å². The van der Waals surface area contributed by atoms with Crippen molar-refractivity contribution in [2.75, 3.05) is 4.90 Å². The fraction of sp³-hybridized carbons (Fsp3) is 0. The number of furan rings is 1. The highest BCUT2D eigenvalue weighted by atomic mass is 16.3. The molecule has 12 aromatic rings. The molecule has 2 heteroatoms. The van der Waals surface area contributed by atoms with Crippen LogP contribution in [-0.2, 0) is 0 Å². The SMILES string of the molecule is c1ccc(-c2ccc(-c3cc(-c4ccc(N(c5ccc(-c6ccccc6)cc5)c5ccc(-c6ccccc6)cc5)cc4)cc4c3oc3c5ccccc5c5ccccc5c43)cc2)cc1. The molecule has 0 saturated heterocycles. The van der Waals surface area contributed by atoms with Gasteiger partial charge >= 0.3 is 0 Å². The predicted octanol–water partition coefficient (Wildman–Crippen LogP) is 17.7. The molecule has 300 valence electrons. The lowest BCUT2D eigenvalue weighted by Crippen LogP contribution is -2.09. The topological polar surface area (TPSA) is 16.4 Å². The minimum atomic E-state index is 0.897. The van der Waals surface area contributed by atoms with Crippen molar-refractivity contribution in [2.45, 2.75) is 0 Å². The van der Waals surface area contributed by atoms with E-state index in [9.17, 15) is 0 Å². The van der Waals surface area contributed by atoms with Crippen LogP contribution in [0.4, 0.5) is 17.1 Å². The molecule has 0 saturated carbocycles. The second kappa shape index (κ2) is 15.8. The van der Waals surface area contributed by atoms with Crippen LogP contribution >= 0.6 is 0 Å². The third kappa shape index (κ3) is 6.61. The molecule has 0 spiro atoms. The van der Waals surface area contributed by atoms with E-state index in [1.807, 2.05) is 0 Å². The summed E-state index contributed by atoms with van der Waals surface area (Å²) in [6, 6.07) is 89.4. The van der Waals surface area contributed by atoms with Crippen molar-refractivity contribution in [3.63, 3.8) is 0 Å². The van der Waals surface area contributed by atoms with Gasteiger partial charge in [0.1, 0.15) is 11.2 Å². The van der Waals surface area contributed by atoms with Crippen LogP contribution < -0.4 is 4.90 Å². The molecule has 64 heavy (non-hydrogen) atoms. The predicted molar refractivity (Wildman–Crippen MR) is 271 cm³/mol. The molecule has 0 unspecified atom stereocenters. The molecule has 0 radical (unpaired) electrons. The van der Waals surface area contributed by atoms with Gasteiger partial charge in [-0.25, -0.2) is 0 Å². The van der Waals surface area contributed by atoms with Crippen LogP contribution in [0.2, 0.25) is 0 Å². The number of hydrogen-bond donors (Lipinski definition) is 0. The Bertz CT molecular complexity index is 3510. The van der Waals surface area contributed by atoms with Crippen LogP contribution in [0.5, 0.6) is 0 Å². The van der Waals surface area contributed by atoms with Crippen molar-refractivity contribution in [1.29, 1.82) is 0 Å². The molecule has 0 N–H and O–H groups in total. The highest BCUT2D eigenvalue weighted by Crippen LogP contribution is 2.46. The van der Waals surface area contributed by atoms with Crippen LogP contribution in [0.25, 0.3) is 99.1 Å². The monoisotopic (exact) mass is 815 g/mol. The molecule has 0 bridgehead atoms. The van der Waals surface area contributed by atoms with Crippen LogP contribution in [0.3, 0.4) is 0 Å². The highest BCUT2D eigenvalue weighted by molar-refractivity contribution is 6.31. The van der Waals surface area contributed by atoms with Crippen molar-refractivity contribution in [3.8, 4) is 55.6 Å². The van der Waals surface area contributed by atoms with Gasteiger partial charge in [0, 0.05) is 38.8 Å². The average Bonchev–Trinajstić information content (AvgIpc) is 3.78. The molecular formula is C62H41NO. The minimum absolute atomic E-state index is 0.897. The van der Waals surface area contributed by atoms with E-state index in [1.54, 1.807) is 0 Å². The van der Waals surface area contributed by atoms with Gasteiger partial charge in [-0.2, -0.15) is 0 Å². The van der Waals surface area contributed by atoms with E-state index >= 15 is 0 Å². The number of benzene rings is 11. The summed E-state index contributed by atoms with van der Waals surface area (Å²) in [5, 5.41) is 7.00. The molecule has 12 rings (SSSR count). The van der Waals surface area contributed by atoms with Crippen molar-refractivity contribution < 1.29 is 4.42 Å². The summed E-state index contributed by atoms with van der Waals surface area (Å²) < 4.78 is 7.08. The Kier molecular flexibility index (Phi) is 9.20. The number of nitrogens with zero attached hydrogens (tertiary/aromatic N) is 1. The lowest BCUT2D eigenvalue weighted by molar-refractivity contribution is 0.674. The molecule has 2 nitrogen and oxygen atoms in total. The standard InChI is InChI=1S/C62H41NO/c1-4-14-42(15-5-1)45-24-26-49(27-25-45)58-40-50(41-59-60-56-22-12-10-20-54(56)55-21-11-13-23-57(55)62(60)64-61(58)59)48-32-38-53(39-33-48)63(51-34-28-46(29-35-51)43-16-6-2-7-17-43)52-36-30-47(31-37-52)44-18-8-3-9-19-44/h1-41H. The van der Waals surface area contributed by atoms with E-state index in [1.165, 1.54) is 49.5 Å². The van der Waals surface area contributed by atoms with Gasteiger partial charge < -0.3 is 9.32 Å². The fourth-order valence-corrected chi connectivity index (χ4v) is 9.48. The van der Waals surface area contributed by atoms with E-state index in [0.29, 0.717) is 0 Å². The first kappa shape index (κ1) is 37.3. The molecule has 0 aliphatic rings. The summed E-state index contributed by atoms with van der Waals surface area (Å²) in [5.74, 6) is 0. The molecule has 1 aromatic heterocycles. The van der Waals surface area contributed by atoms with E-state index in [0.717, 1.165) is 66.6 Å². The maximum Gasteiger partial charge on any atom is 0.143 e. The Morgan fingerprint density at radius 2 is 0.578 bits per heavy atom. The lowest BCUT2D eigenvalue weighted by atomic mass is 9.92. The van der Waals surface area contributed by atoms with Gasteiger partial charge in [-0.15, -0.1) is 0 Å². The second-order valence-corrected chi connectivity index (χ2v) is 16.4. The summed E-state index contributed by atoms with van der Waals surface area (Å²) in [6.45, 7) is 0. The Hall–Kier alpha value is -8.46. The van der Waals surface area contributed by atoms with Crippen molar-refractivity contribution >= 4 is 60.5 Å². The summed E-state index contributed by atoms with van der Waals surface area (Å²) in [7, 11) is 0. The largest absolute Gasteiger partial charge is 0.455 e. The zero-order valence-corrected chi connectivity index (χ0v) is 35.0. The normalized spacial score (nSPS) is 11.4. The van der Waals surface area contributed by atoms with Crippen LogP contribution in [0.1, 0.15) is 0 Å². The van der Waals surface area contributed by atoms with Gasteiger partial charge in [0.15, 0.2) is 0 Å². The Labute approximate surface area is 372 Å². The first-order chi connectivity index (χ1) is 31.7. The van der Waals surface area contributed by atoms with Crippen LogP contribution in [0.15, 0.2) is 253 Å².